The number of esters is 3. The maximum absolute atomic E-state index is 13.8. The molecule has 12 heteroatoms. The molecule has 0 saturated carbocycles. The predicted octanol–water partition coefficient (Wildman–Crippen LogP) is 2.38. The molecule has 3 aromatic rings. The van der Waals surface area contributed by atoms with Gasteiger partial charge in [0.2, 0.25) is 6.79 Å². The third kappa shape index (κ3) is 5.13. The van der Waals surface area contributed by atoms with Gasteiger partial charge in [-0.1, -0.05) is 23.5 Å². The Morgan fingerprint density at radius 3 is 2.50 bits per heavy atom. The summed E-state index contributed by atoms with van der Waals surface area (Å²) in [6.07, 6.45) is 1.61. The van der Waals surface area contributed by atoms with Gasteiger partial charge in [-0.05, 0) is 55.3 Å². The van der Waals surface area contributed by atoms with E-state index in [1.54, 1.807) is 44.2 Å². The highest BCUT2D eigenvalue weighted by Gasteiger charge is 2.34. The fourth-order valence-corrected chi connectivity index (χ4v) is 5.48. The Labute approximate surface area is 231 Å². The Balaban J connectivity index is 1.66. The third-order valence-corrected chi connectivity index (χ3v) is 6.99. The smallest absolute Gasteiger partial charge is 0.338 e. The molecule has 11 nitrogen and oxygen atoms in total. The Morgan fingerprint density at radius 2 is 1.77 bits per heavy atom. The fourth-order valence-electron chi connectivity index (χ4n) is 4.43. The Morgan fingerprint density at radius 1 is 1.05 bits per heavy atom. The van der Waals surface area contributed by atoms with Gasteiger partial charge in [0, 0.05) is 13.8 Å². The third-order valence-electron chi connectivity index (χ3n) is 6.00. The summed E-state index contributed by atoms with van der Waals surface area (Å²) in [6, 6.07) is 8.99. The lowest BCUT2D eigenvalue weighted by molar-refractivity contribution is -0.139. The highest BCUT2D eigenvalue weighted by Crippen LogP contribution is 2.38. The molecule has 0 N–H and O–H groups in total. The van der Waals surface area contributed by atoms with Crippen molar-refractivity contribution in [2.24, 2.45) is 4.99 Å². The molecular weight excluding hydrogens is 540 g/mol. The van der Waals surface area contributed by atoms with Crippen LogP contribution in [-0.4, -0.2) is 35.9 Å². The molecular formula is C28H24N2O9S. The molecule has 5 rings (SSSR count). The van der Waals surface area contributed by atoms with Crippen molar-refractivity contribution in [3.05, 3.63) is 78.5 Å². The number of benzene rings is 2. The summed E-state index contributed by atoms with van der Waals surface area (Å²) in [6.45, 7) is 6.09. The summed E-state index contributed by atoms with van der Waals surface area (Å²) in [5, 5.41) is 0. The molecule has 2 aromatic carbocycles. The molecule has 206 valence electrons. The molecule has 0 saturated heterocycles. The average molecular weight is 565 g/mol. The summed E-state index contributed by atoms with van der Waals surface area (Å²) in [4.78, 5) is 55.0. The van der Waals surface area contributed by atoms with Crippen LogP contribution in [-0.2, 0) is 19.1 Å². The van der Waals surface area contributed by atoms with Crippen LogP contribution in [0.4, 0.5) is 0 Å². The summed E-state index contributed by atoms with van der Waals surface area (Å²) < 4.78 is 28.4. The van der Waals surface area contributed by atoms with E-state index in [-0.39, 0.29) is 36.0 Å². The van der Waals surface area contributed by atoms with E-state index >= 15 is 0 Å². The zero-order valence-corrected chi connectivity index (χ0v) is 22.8. The van der Waals surface area contributed by atoms with Crippen molar-refractivity contribution >= 4 is 35.3 Å². The molecule has 3 heterocycles. The Bertz CT molecular complexity index is 1770. The van der Waals surface area contributed by atoms with Crippen LogP contribution in [0, 0.1) is 0 Å². The van der Waals surface area contributed by atoms with Crippen LogP contribution in [0.3, 0.4) is 0 Å². The van der Waals surface area contributed by atoms with Crippen LogP contribution in [0.25, 0.3) is 6.08 Å². The van der Waals surface area contributed by atoms with Crippen molar-refractivity contribution in [3.63, 3.8) is 0 Å². The number of aromatic nitrogens is 1. The minimum atomic E-state index is -0.824. The lowest BCUT2D eigenvalue weighted by atomic mass is 9.95. The number of fused-ring (bicyclic) bond motifs is 2. The quantitative estimate of drug-likeness (QED) is 0.327. The van der Waals surface area contributed by atoms with Gasteiger partial charge in [-0.15, -0.1) is 0 Å². The first kappa shape index (κ1) is 26.9. The Kier molecular flexibility index (Phi) is 7.26. The van der Waals surface area contributed by atoms with Gasteiger partial charge in [0.15, 0.2) is 27.8 Å². The number of thiazole rings is 1. The number of allylic oxidation sites excluding steroid dienone is 1. The van der Waals surface area contributed by atoms with Gasteiger partial charge >= 0.3 is 17.9 Å². The topological polar surface area (TPSA) is 132 Å². The van der Waals surface area contributed by atoms with Crippen molar-refractivity contribution in [1.29, 1.82) is 0 Å². The summed E-state index contributed by atoms with van der Waals surface area (Å²) in [5.41, 5.74) is 1.41. The predicted molar refractivity (Wildman–Crippen MR) is 142 cm³/mol. The molecule has 0 spiro atoms. The SMILES string of the molecule is CCOC(=O)C1=C(C)N=c2s/c(=C/c3ccc(OC(C)=O)c(OC(C)=O)c3)c(=O)n2C1c1ccc2c(c1)OCO2. The van der Waals surface area contributed by atoms with Crippen LogP contribution < -0.4 is 33.8 Å². The van der Waals surface area contributed by atoms with Gasteiger partial charge < -0.3 is 23.7 Å². The Hall–Kier alpha value is -4.71. The fraction of sp³-hybridized carbons (Fsp3) is 0.250. The van der Waals surface area contributed by atoms with Crippen molar-refractivity contribution in [2.45, 2.75) is 33.7 Å². The van der Waals surface area contributed by atoms with Crippen LogP contribution in [0.5, 0.6) is 23.0 Å². The van der Waals surface area contributed by atoms with Crippen LogP contribution in [0.1, 0.15) is 44.9 Å². The van der Waals surface area contributed by atoms with Crippen LogP contribution in [0.15, 0.2) is 57.5 Å². The minimum absolute atomic E-state index is 0.0305. The maximum Gasteiger partial charge on any atom is 0.338 e. The van der Waals surface area contributed by atoms with E-state index in [0.29, 0.717) is 37.7 Å². The van der Waals surface area contributed by atoms with E-state index in [0.717, 1.165) is 11.3 Å². The van der Waals surface area contributed by atoms with Gasteiger partial charge in [0.05, 0.1) is 28.5 Å². The maximum atomic E-state index is 13.8. The van der Waals surface area contributed by atoms with E-state index in [9.17, 15) is 19.2 Å². The summed E-state index contributed by atoms with van der Waals surface area (Å²) in [5.74, 6) is -0.588. The van der Waals surface area contributed by atoms with Gasteiger partial charge in [-0.2, -0.15) is 0 Å². The number of carbonyl (C=O) groups is 3. The zero-order chi connectivity index (χ0) is 28.6. The van der Waals surface area contributed by atoms with E-state index < -0.39 is 23.9 Å². The summed E-state index contributed by atoms with van der Waals surface area (Å²) in [7, 11) is 0. The molecule has 0 radical (unpaired) electrons. The molecule has 1 unspecified atom stereocenters. The molecule has 1 atom stereocenters. The van der Waals surface area contributed by atoms with E-state index in [2.05, 4.69) is 4.99 Å². The van der Waals surface area contributed by atoms with Crippen molar-refractivity contribution < 1.29 is 38.1 Å². The standard InChI is InChI=1S/C28H24N2O9S/c1-5-35-27(34)24-14(2)29-28-30(25(24)18-7-9-19-21(12-18)37-13-36-19)26(33)23(40-28)11-17-6-8-20(38-15(3)31)22(10-17)39-16(4)32/h6-12,25H,5,13H2,1-4H3/b23-11+. The molecule has 0 aliphatic carbocycles. The molecule has 1 aromatic heterocycles. The van der Waals surface area contributed by atoms with Gasteiger partial charge in [-0.3, -0.25) is 19.0 Å². The van der Waals surface area contributed by atoms with Crippen molar-refractivity contribution in [3.8, 4) is 23.0 Å². The lowest BCUT2D eigenvalue weighted by Gasteiger charge is -2.24. The van der Waals surface area contributed by atoms with E-state index in [1.165, 1.54) is 30.5 Å². The number of hydrogen-bond donors (Lipinski definition) is 0. The van der Waals surface area contributed by atoms with Gasteiger partial charge in [0.25, 0.3) is 5.56 Å². The first-order chi connectivity index (χ1) is 19.2. The van der Waals surface area contributed by atoms with Crippen molar-refractivity contribution in [2.75, 3.05) is 13.4 Å². The number of carbonyl (C=O) groups excluding carboxylic acids is 3. The lowest BCUT2D eigenvalue weighted by Crippen LogP contribution is -2.39. The normalized spacial score (nSPS) is 15.8. The van der Waals surface area contributed by atoms with Crippen LogP contribution >= 0.6 is 11.3 Å². The highest BCUT2D eigenvalue weighted by atomic mass is 32.1. The first-order valence-corrected chi connectivity index (χ1v) is 13.1. The summed E-state index contributed by atoms with van der Waals surface area (Å²) >= 11 is 1.14. The molecule has 0 fully saturated rings. The van der Waals surface area contributed by atoms with Gasteiger partial charge in [-0.25, -0.2) is 9.79 Å². The largest absolute Gasteiger partial charge is 0.463 e. The van der Waals surface area contributed by atoms with Crippen LogP contribution in [0.2, 0.25) is 0 Å². The second-order valence-corrected chi connectivity index (χ2v) is 9.82. The first-order valence-electron chi connectivity index (χ1n) is 12.3. The van der Waals surface area contributed by atoms with Crippen molar-refractivity contribution in [1.82, 2.24) is 4.57 Å². The molecule has 2 aliphatic rings. The number of ether oxygens (including phenoxy) is 5. The average Bonchev–Trinajstić information content (AvgIpc) is 3.48. The molecule has 40 heavy (non-hydrogen) atoms. The number of nitrogens with zero attached hydrogens (tertiary/aromatic N) is 2. The monoisotopic (exact) mass is 564 g/mol. The van der Waals surface area contributed by atoms with E-state index in [4.69, 9.17) is 23.7 Å². The molecule has 0 bridgehead atoms. The highest BCUT2D eigenvalue weighted by molar-refractivity contribution is 7.07. The van der Waals surface area contributed by atoms with Gasteiger partial charge in [0.1, 0.15) is 0 Å². The minimum Gasteiger partial charge on any atom is -0.463 e. The molecule has 0 amide bonds. The van der Waals surface area contributed by atoms with E-state index in [1.807, 2.05) is 0 Å². The second kappa shape index (κ2) is 10.8. The zero-order valence-electron chi connectivity index (χ0n) is 22.0. The number of rotatable bonds is 6. The molecule has 2 aliphatic heterocycles. The number of hydrogen-bond acceptors (Lipinski definition) is 11. The second-order valence-electron chi connectivity index (χ2n) is 8.81.